The molecule has 1 fully saturated rings. The highest BCUT2D eigenvalue weighted by molar-refractivity contribution is 8.00. The Labute approximate surface area is 321 Å². The van der Waals surface area contributed by atoms with Crippen molar-refractivity contribution in [2.24, 2.45) is 0 Å². The van der Waals surface area contributed by atoms with Crippen LogP contribution in [0.15, 0.2) is 91.5 Å². The first-order valence-corrected chi connectivity index (χ1v) is 18.2. The molecule has 0 radical (unpaired) electrons. The van der Waals surface area contributed by atoms with E-state index in [1.165, 1.54) is 53.4 Å². The average molecular weight is 776 g/mol. The SMILES string of the molecule is C[C@@H](SC1COC(C=CC=Cc2ccc(C#N)cc2F)OC1)[C@@](Cn1cncn1)(OC(=O)c1ccccc1COC(=O)CCN(C)C)c1ccc(F)cc1F. The molecule has 15 heteroatoms. The normalized spacial score (nSPS) is 17.6. The van der Waals surface area contributed by atoms with Crippen LogP contribution in [0, 0.1) is 28.8 Å². The van der Waals surface area contributed by atoms with E-state index < -0.39 is 46.5 Å². The van der Waals surface area contributed by atoms with Gasteiger partial charge in [-0.05, 0) is 57.4 Å². The van der Waals surface area contributed by atoms with Gasteiger partial charge in [-0.1, -0.05) is 42.5 Å². The predicted molar refractivity (Wildman–Crippen MR) is 199 cm³/mol. The number of nitriles is 1. The zero-order valence-corrected chi connectivity index (χ0v) is 31.3. The average Bonchev–Trinajstić information content (AvgIpc) is 3.68. The molecule has 1 aliphatic rings. The number of esters is 2. The van der Waals surface area contributed by atoms with Crippen LogP contribution in [0.4, 0.5) is 13.2 Å². The fraction of sp³-hybridized carbons (Fsp3) is 0.325. The molecule has 0 N–H and O–H groups in total. The number of carbonyl (C=O) groups is 2. The third kappa shape index (κ3) is 11.1. The van der Waals surface area contributed by atoms with Crippen molar-refractivity contribution < 1.29 is 41.7 Å². The molecule has 0 aliphatic carbocycles. The monoisotopic (exact) mass is 775 g/mol. The second-order valence-corrected chi connectivity index (χ2v) is 14.5. The molecule has 4 aromatic rings. The summed E-state index contributed by atoms with van der Waals surface area (Å²) in [6.45, 7) is 2.27. The summed E-state index contributed by atoms with van der Waals surface area (Å²) in [6, 6.07) is 15.6. The van der Waals surface area contributed by atoms with Gasteiger partial charge in [0, 0.05) is 34.6 Å². The highest BCUT2D eigenvalue weighted by Crippen LogP contribution is 2.42. The van der Waals surface area contributed by atoms with Crippen molar-refractivity contribution in [3.63, 3.8) is 0 Å². The maximum atomic E-state index is 15.9. The molecule has 2 heterocycles. The topological polar surface area (TPSA) is 129 Å². The number of ether oxygens (including phenoxy) is 4. The highest BCUT2D eigenvalue weighted by Gasteiger charge is 2.47. The summed E-state index contributed by atoms with van der Waals surface area (Å²) in [6.07, 6.45) is 8.63. The second-order valence-electron chi connectivity index (χ2n) is 12.9. The third-order valence-electron chi connectivity index (χ3n) is 8.65. The summed E-state index contributed by atoms with van der Waals surface area (Å²) >= 11 is 1.33. The molecule has 288 valence electrons. The smallest absolute Gasteiger partial charge is 0.339 e. The van der Waals surface area contributed by atoms with Gasteiger partial charge < -0.3 is 23.8 Å². The molecule has 5 rings (SSSR count). The molecule has 11 nitrogen and oxygen atoms in total. The number of nitrogens with zero attached hydrogens (tertiary/aromatic N) is 5. The zero-order chi connectivity index (χ0) is 39.4. The Bertz CT molecular complexity index is 2030. The lowest BCUT2D eigenvalue weighted by Gasteiger charge is -2.40. The van der Waals surface area contributed by atoms with E-state index in [9.17, 15) is 18.4 Å². The third-order valence-corrected chi connectivity index (χ3v) is 10.1. The van der Waals surface area contributed by atoms with E-state index in [1.807, 2.05) is 25.1 Å². The fourth-order valence-corrected chi connectivity index (χ4v) is 7.10. The van der Waals surface area contributed by atoms with Crippen molar-refractivity contribution in [1.82, 2.24) is 19.7 Å². The minimum Gasteiger partial charge on any atom is -0.461 e. The summed E-state index contributed by atoms with van der Waals surface area (Å²) < 4.78 is 69.5. The number of halogens is 3. The summed E-state index contributed by atoms with van der Waals surface area (Å²) in [5, 5.41) is 12.1. The number of allylic oxidation sites excluding steroid dienone is 2. The van der Waals surface area contributed by atoms with E-state index in [4.69, 9.17) is 24.2 Å². The molecule has 55 heavy (non-hydrogen) atoms. The van der Waals surface area contributed by atoms with E-state index in [-0.39, 0.29) is 54.7 Å². The van der Waals surface area contributed by atoms with Crippen molar-refractivity contribution in [3.8, 4) is 6.07 Å². The van der Waals surface area contributed by atoms with Crippen LogP contribution in [-0.4, -0.2) is 82.2 Å². The number of benzene rings is 3. The van der Waals surface area contributed by atoms with Crippen molar-refractivity contribution in [2.45, 2.75) is 48.9 Å². The Hall–Kier alpha value is -5.27. The van der Waals surface area contributed by atoms with Crippen molar-refractivity contribution >= 4 is 29.8 Å². The first kappa shape index (κ1) is 40.9. The number of hydrogen-bond donors (Lipinski definition) is 0. The quantitative estimate of drug-likeness (QED) is 0.0921. The van der Waals surface area contributed by atoms with Gasteiger partial charge in [0.1, 0.15) is 36.7 Å². The molecule has 1 aromatic heterocycles. The molecule has 0 bridgehead atoms. The highest BCUT2D eigenvalue weighted by atomic mass is 32.2. The first-order valence-electron chi connectivity index (χ1n) is 17.3. The lowest BCUT2D eigenvalue weighted by molar-refractivity contribution is -0.146. The van der Waals surface area contributed by atoms with Crippen LogP contribution in [0.25, 0.3) is 6.08 Å². The summed E-state index contributed by atoms with van der Waals surface area (Å²) in [4.78, 5) is 32.5. The van der Waals surface area contributed by atoms with Gasteiger partial charge in [0.2, 0.25) is 0 Å². The van der Waals surface area contributed by atoms with E-state index in [0.717, 1.165) is 18.2 Å². The van der Waals surface area contributed by atoms with Crippen LogP contribution < -0.4 is 0 Å². The van der Waals surface area contributed by atoms with Crippen molar-refractivity contribution in [1.29, 1.82) is 5.26 Å². The van der Waals surface area contributed by atoms with Crippen molar-refractivity contribution in [3.05, 3.63) is 137 Å². The number of thioether (sulfide) groups is 1. The maximum Gasteiger partial charge on any atom is 0.339 e. The molecule has 0 spiro atoms. The Balaban J connectivity index is 1.35. The summed E-state index contributed by atoms with van der Waals surface area (Å²) in [5.74, 6) is -3.53. The zero-order valence-electron chi connectivity index (χ0n) is 30.4. The minimum absolute atomic E-state index is 0.0886. The second kappa shape index (κ2) is 19.4. The molecule has 0 saturated carbocycles. The Morgan fingerprint density at radius 3 is 2.56 bits per heavy atom. The van der Waals surface area contributed by atoms with Gasteiger partial charge in [-0.3, -0.25) is 4.79 Å². The van der Waals surface area contributed by atoms with Crippen LogP contribution in [0.2, 0.25) is 0 Å². The Kier molecular flexibility index (Phi) is 14.4. The summed E-state index contributed by atoms with van der Waals surface area (Å²) in [7, 11) is 3.67. The predicted octanol–water partition coefficient (Wildman–Crippen LogP) is 6.45. The van der Waals surface area contributed by atoms with Gasteiger partial charge in [-0.25, -0.2) is 27.6 Å². The van der Waals surface area contributed by atoms with E-state index >= 15 is 4.39 Å². The van der Waals surface area contributed by atoms with Gasteiger partial charge in [0.25, 0.3) is 0 Å². The minimum atomic E-state index is -1.79. The summed E-state index contributed by atoms with van der Waals surface area (Å²) in [5.41, 5.74) is -0.857. The molecule has 1 aliphatic heterocycles. The molecule has 1 saturated heterocycles. The molecule has 3 aromatic carbocycles. The first-order chi connectivity index (χ1) is 26.5. The number of carbonyl (C=O) groups excluding carboxylic acids is 2. The van der Waals surface area contributed by atoms with E-state index in [1.54, 1.807) is 49.4 Å². The molecule has 0 amide bonds. The van der Waals surface area contributed by atoms with Crippen LogP contribution in [0.5, 0.6) is 0 Å². The number of aromatic nitrogens is 3. The molecule has 2 atom stereocenters. The van der Waals surface area contributed by atoms with E-state index in [2.05, 4.69) is 10.1 Å². The lowest BCUT2D eigenvalue weighted by Crippen LogP contribution is -2.47. The lowest BCUT2D eigenvalue weighted by atomic mass is 9.89. The van der Waals surface area contributed by atoms with Gasteiger partial charge >= 0.3 is 11.9 Å². The number of rotatable bonds is 16. The van der Waals surface area contributed by atoms with Crippen LogP contribution in [0.1, 0.15) is 46.0 Å². The van der Waals surface area contributed by atoms with Gasteiger partial charge in [0.15, 0.2) is 11.9 Å². The van der Waals surface area contributed by atoms with Crippen LogP contribution >= 0.6 is 11.8 Å². The van der Waals surface area contributed by atoms with Crippen molar-refractivity contribution in [2.75, 3.05) is 33.9 Å². The number of hydrogen-bond acceptors (Lipinski definition) is 11. The fourth-order valence-electron chi connectivity index (χ4n) is 5.74. The molecule has 0 unspecified atom stereocenters. The van der Waals surface area contributed by atoms with Gasteiger partial charge in [-0.15, -0.1) is 11.8 Å². The van der Waals surface area contributed by atoms with Crippen LogP contribution in [0.3, 0.4) is 0 Å². The van der Waals surface area contributed by atoms with Crippen LogP contribution in [-0.2, 0) is 42.5 Å². The Morgan fingerprint density at radius 1 is 1.09 bits per heavy atom. The maximum absolute atomic E-state index is 15.9. The Morgan fingerprint density at radius 2 is 1.87 bits per heavy atom. The van der Waals surface area contributed by atoms with Gasteiger partial charge in [0.05, 0.1) is 48.6 Å². The molecular weight excluding hydrogens is 736 g/mol. The van der Waals surface area contributed by atoms with Gasteiger partial charge in [-0.2, -0.15) is 10.4 Å². The van der Waals surface area contributed by atoms with E-state index in [0.29, 0.717) is 17.7 Å². The standard InChI is InChI=1S/C40H40F3N5O6S/c1-27(55-32-22-52-38(53-23-32)11-7-5-8-29-13-12-28(20-44)18-35(29)42)40(24-48-26-45-25-46-48,34-15-14-31(41)19-36(34)43)54-39(50)33-10-6-4-9-30(33)21-51-37(49)16-17-47(2)3/h4-15,18-19,25-27,32,38H,16-17,21-24H2,1-3H3/t27-,32?,38?,40-/m1/s1. The largest absolute Gasteiger partial charge is 0.461 e. The molecular formula is C40H40F3N5O6S.